The lowest BCUT2D eigenvalue weighted by molar-refractivity contribution is 0.369. The van der Waals surface area contributed by atoms with Crippen LogP contribution in [0.2, 0.25) is 0 Å². The summed E-state index contributed by atoms with van der Waals surface area (Å²) in [6.45, 7) is -0.0650. The van der Waals surface area contributed by atoms with E-state index in [0.717, 1.165) is 11.1 Å². The third-order valence-electron chi connectivity index (χ3n) is 3.91. The lowest BCUT2D eigenvalue weighted by Gasteiger charge is -2.16. The summed E-state index contributed by atoms with van der Waals surface area (Å²) in [5.41, 5.74) is 2.51. The van der Waals surface area contributed by atoms with E-state index in [2.05, 4.69) is 10.4 Å². The first-order valence-electron chi connectivity index (χ1n) is 8.22. The molecule has 3 N–H and O–H groups in total. The van der Waals surface area contributed by atoms with Crippen LogP contribution in [0.3, 0.4) is 0 Å². The Bertz CT molecular complexity index is 1010. The van der Waals surface area contributed by atoms with Crippen LogP contribution in [0.25, 0.3) is 11.1 Å². The number of amidine groups is 1. The van der Waals surface area contributed by atoms with Crippen molar-refractivity contribution < 1.29 is 9.13 Å². The summed E-state index contributed by atoms with van der Waals surface area (Å²) in [5.74, 6) is 6.06. The fourth-order valence-corrected chi connectivity index (χ4v) is 2.71. The van der Waals surface area contributed by atoms with Crippen LogP contribution in [0.1, 0.15) is 5.56 Å². The number of nitrogens with one attached hydrogen (secondary N) is 1. The second-order valence-electron chi connectivity index (χ2n) is 5.57. The molecule has 0 bridgehead atoms. The molecule has 27 heavy (non-hydrogen) atoms. The molecule has 0 aliphatic heterocycles. The fraction of sp³-hybridized carbons (Fsp3) is 0.0476. The van der Waals surface area contributed by atoms with Gasteiger partial charge in [-0.3, -0.25) is 0 Å². The summed E-state index contributed by atoms with van der Waals surface area (Å²) in [5, 5.41) is 15.6. The molecule has 0 unspecified atom stereocenters. The largest absolute Gasteiger partial charge is 0.478 e. The van der Waals surface area contributed by atoms with E-state index >= 15 is 0 Å². The number of nitrogens with two attached hydrogens (primary N) is 1. The standard InChI is InChI=1S/C21H17FN4O/c22-18-10-4-5-11-19(18)25-21(26-24)17-9-2-1-7-15(17)16-8-3-6-12-20(16)27-14-13-23/h1-12H,14,24H2,(H,25,26). The first kappa shape index (κ1) is 18.0. The van der Waals surface area contributed by atoms with Crippen LogP contribution in [0.4, 0.5) is 10.1 Å². The van der Waals surface area contributed by atoms with Crippen LogP contribution in [0.15, 0.2) is 77.9 Å². The molecule has 0 saturated heterocycles. The van der Waals surface area contributed by atoms with Gasteiger partial charge in [0.2, 0.25) is 0 Å². The molecular formula is C21H17FN4O. The fourth-order valence-electron chi connectivity index (χ4n) is 2.71. The first-order valence-corrected chi connectivity index (χ1v) is 8.22. The van der Waals surface area contributed by atoms with E-state index in [9.17, 15) is 4.39 Å². The predicted octanol–water partition coefficient (Wildman–Crippen LogP) is 4.13. The predicted molar refractivity (Wildman–Crippen MR) is 104 cm³/mol. The molecule has 0 aromatic heterocycles. The van der Waals surface area contributed by atoms with Gasteiger partial charge >= 0.3 is 0 Å². The van der Waals surface area contributed by atoms with Gasteiger partial charge < -0.3 is 15.9 Å². The molecule has 0 fully saturated rings. The lowest BCUT2D eigenvalue weighted by Crippen LogP contribution is -2.17. The zero-order valence-electron chi connectivity index (χ0n) is 14.4. The number of ether oxygens (including phenoxy) is 1. The molecule has 0 spiro atoms. The molecule has 0 aliphatic rings. The third-order valence-corrected chi connectivity index (χ3v) is 3.91. The normalized spacial score (nSPS) is 10.9. The van der Waals surface area contributed by atoms with Crippen molar-refractivity contribution in [3.63, 3.8) is 0 Å². The molecule has 0 aliphatic carbocycles. The zero-order chi connectivity index (χ0) is 19.1. The molecule has 134 valence electrons. The van der Waals surface area contributed by atoms with Gasteiger partial charge in [-0.25, -0.2) is 4.39 Å². The Labute approximate surface area is 156 Å². The van der Waals surface area contributed by atoms with Crippen molar-refractivity contribution in [2.45, 2.75) is 0 Å². The molecular weight excluding hydrogens is 343 g/mol. The zero-order valence-corrected chi connectivity index (χ0v) is 14.4. The van der Waals surface area contributed by atoms with Gasteiger partial charge in [-0.05, 0) is 23.8 Å². The highest BCUT2D eigenvalue weighted by Gasteiger charge is 2.15. The van der Waals surface area contributed by atoms with Crippen molar-refractivity contribution in [2.75, 3.05) is 11.9 Å². The number of para-hydroxylation sites is 2. The topological polar surface area (TPSA) is 83.4 Å². The Hall–Kier alpha value is -3.85. The van der Waals surface area contributed by atoms with Crippen LogP contribution >= 0.6 is 0 Å². The second kappa shape index (κ2) is 8.50. The number of hydrogen-bond donors (Lipinski definition) is 2. The minimum Gasteiger partial charge on any atom is -0.478 e. The van der Waals surface area contributed by atoms with Gasteiger partial charge in [0.1, 0.15) is 17.6 Å². The second-order valence-corrected chi connectivity index (χ2v) is 5.57. The van der Waals surface area contributed by atoms with E-state index in [1.807, 2.05) is 48.5 Å². The van der Waals surface area contributed by atoms with Crippen molar-refractivity contribution >= 4 is 11.5 Å². The SMILES string of the molecule is N#CCOc1ccccc1-c1ccccc1/C(=N/N)Nc1ccccc1F. The minimum atomic E-state index is -0.408. The molecule has 3 rings (SSSR count). The van der Waals surface area contributed by atoms with Gasteiger partial charge in [0.15, 0.2) is 12.4 Å². The molecule has 3 aromatic carbocycles. The number of hydrogen-bond acceptors (Lipinski definition) is 4. The van der Waals surface area contributed by atoms with Gasteiger partial charge in [0, 0.05) is 11.1 Å². The number of nitriles is 1. The summed E-state index contributed by atoms with van der Waals surface area (Å²) in [4.78, 5) is 0. The highest BCUT2D eigenvalue weighted by atomic mass is 19.1. The van der Waals surface area contributed by atoms with Gasteiger partial charge in [0.25, 0.3) is 0 Å². The van der Waals surface area contributed by atoms with Crippen LogP contribution in [-0.4, -0.2) is 12.4 Å². The quantitative estimate of drug-likeness (QED) is 0.310. The Kier molecular flexibility index (Phi) is 5.65. The average Bonchev–Trinajstić information content (AvgIpc) is 2.72. The van der Waals surface area contributed by atoms with E-state index in [0.29, 0.717) is 17.1 Å². The van der Waals surface area contributed by atoms with Crippen LogP contribution in [-0.2, 0) is 0 Å². The molecule has 0 atom stereocenters. The number of nitrogens with zero attached hydrogens (tertiary/aromatic N) is 2. The summed E-state index contributed by atoms with van der Waals surface area (Å²) in [7, 11) is 0. The average molecular weight is 360 g/mol. The van der Waals surface area contributed by atoms with Crippen LogP contribution in [0.5, 0.6) is 5.75 Å². The van der Waals surface area contributed by atoms with Gasteiger partial charge in [0.05, 0.1) is 5.69 Å². The molecule has 0 radical (unpaired) electrons. The maximum Gasteiger partial charge on any atom is 0.174 e. The summed E-state index contributed by atoms with van der Waals surface area (Å²) < 4.78 is 19.6. The molecule has 0 heterocycles. The molecule has 5 nitrogen and oxygen atoms in total. The number of hydrazone groups is 1. The van der Waals surface area contributed by atoms with Crippen molar-refractivity contribution in [1.29, 1.82) is 5.26 Å². The van der Waals surface area contributed by atoms with Crippen LogP contribution < -0.4 is 15.9 Å². The Morgan fingerprint density at radius 1 is 1.00 bits per heavy atom. The van der Waals surface area contributed by atoms with E-state index in [-0.39, 0.29) is 12.3 Å². The van der Waals surface area contributed by atoms with Gasteiger partial charge in [-0.1, -0.05) is 54.6 Å². The Balaban J connectivity index is 2.04. The monoisotopic (exact) mass is 360 g/mol. The Morgan fingerprint density at radius 2 is 1.67 bits per heavy atom. The molecule has 0 amide bonds. The number of halogens is 1. The van der Waals surface area contributed by atoms with E-state index < -0.39 is 5.82 Å². The maximum atomic E-state index is 14.0. The van der Waals surface area contributed by atoms with E-state index in [1.165, 1.54) is 6.07 Å². The number of benzene rings is 3. The first-order chi connectivity index (χ1) is 13.2. The van der Waals surface area contributed by atoms with Crippen LogP contribution in [0, 0.1) is 17.1 Å². The minimum absolute atomic E-state index is 0.0650. The highest BCUT2D eigenvalue weighted by molar-refractivity contribution is 6.12. The van der Waals surface area contributed by atoms with Gasteiger partial charge in [-0.15, -0.1) is 0 Å². The summed E-state index contributed by atoms with van der Waals surface area (Å²) >= 11 is 0. The Morgan fingerprint density at radius 3 is 2.41 bits per heavy atom. The maximum absolute atomic E-state index is 14.0. The van der Waals surface area contributed by atoms with E-state index in [4.69, 9.17) is 15.8 Å². The third kappa shape index (κ3) is 4.05. The highest BCUT2D eigenvalue weighted by Crippen LogP contribution is 2.33. The molecule has 6 heteroatoms. The van der Waals surface area contributed by atoms with Crippen molar-refractivity contribution in [3.05, 3.63) is 84.2 Å². The van der Waals surface area contributed by atoms with E-state index in [1.54, 1.807) is 24.3 Å². The smallest absolute Gasteiger partial charge is 0.174 e. The van der Waals surface area contributed by atoms with Gasteiger partial charge in [-0.2, -0.15) is 10.4 Å². The lowest BCUT2D eigenvalue weighted by atomic mass is 9.98. The number of anilines is 1. The summed E-state index contributed by atoms with van der Waals surface area (Å²) in [6, 6.07) is 23.0. The summed E-state index contributed by atoms with van der Waals surface area (Å²) in [6.07, 6.45) is 0. The molecule has 3 aromatic rings. The number of rotatable bonds is 5. The van der Waals surface area contributed by atoms with Crippen molar-refractivity contribution in [3.8, 4) is 22.9 Å². The van der Waals surface area contributed by atoms with Crippen molar-refractivity contribution in [2.24, 2.45) is 10.9 Å². The van der Waals surface area contributed by atoms with Crippen molar-refractivity contribution in [1.82, 2.24) is 0 Å². The molecule has 0 saturated carbocycles.